The molecule has 0 spiro atoms. The number of rotatable bonds is 6. The number of carboxylic acids is 1. The van der Waals surface area contributed by atoms with Gasteiger partial charge in [0.05, 0.1) is 17.8 Å². The van der Waals surface area contributed by atoms with Gasteiger partial charge in [-0.25, -0.2) is 4.39 Å². The van der Waals surface area contributed by atoms with Gasteiger partial charge < -0.3 is 10.4 Å². The van der Waals surface area contributed by atoms with E-state index < -0.39 is 5.97 Å². The molecular formula is C15H21FN2O2. The predicted molar refractivity (Wildman–Crippen MR) is 73.7 cm³/mol. The molecule has 1 aromatic heterocycles. The normalized spacial score (nSPS) is 23.7. The van der Waals surface area contributed by atoms with E-state index in [1.165, 1.54) is 12.3 Å². The van der Waals surface area contributed by atoms with Gasteiger partial charge in [0.1, 0.15) is 5.82 Å². The third kappa shape index (κ3) is 3.54. The van der Waals surface area contributed by atoms with Crippen LogP contribution in [0.15, 0.2) is 18.3 Å². The molecule has 0 radical (unpaired) electrons. The lowest BCUT2D eigenvalue weighted by molar-refractivity contribution is -0.142. The van der Waals surface area contributed by atoms with Crippen LogP contribution in [0.25, 0.3) is 0 Å². The summed E-state index contributed by atoms with van der Waals surface area (Å²) in [6.45, 7) is 2.71. The molecule has 1 fully saturated rings. The molecule has 3 unspecified atom stereocenters. The number of aliphatic carboxylic acids is 1. The molecular weight excluding hydrogens is 259 g/mol. The molecule has 1 saturated carbocycles. The van der Waals surface area contributed by atoms with Crippen LogP contribution < -0.4 is 5.32 Å². The first-order valence-corrected chi connectivity index (χ1v) is 7.19. The number of nitrogens with zero attached hydrogens (tertiary/aromatic N) is 1. The first-order chi connectivity index (χ1) is 9.61. The van der Waals surface area contributed by atoms with Crippen LogP contribution in [0, 0.1) is 17.7 Å². The lowest BCUT2D eigenvalue weighted by atomic mass is 9.95. The van der Waals surface area contributed by atoms with E-state index in [1.807, 2.05) is 6.92 Å². The van der Waals surface area contributed by atoms with E-state index in [4.69, 9.17) is 0 Å². The van der Waals surface area contributed by atoms with Crippen molar-refractivity contribution in [1.82, 2.24) is 10.3 Å². The van der Waals surface area contributed by atoms with E-state index >= 15 is 0 Å². The molecule has 0 aliphatic heterocycles. The first-order valence-electron chi connectivity index (χ1n) is 7.19. The maximum Gasteiger partial charge on any atom is 0.306 e. The van der Waals surface area contributed by atoms with Crippen molar-refractivity contribution in [2.24, 2.45) is 11.8 Å². The van der Waals surface area contributed by atoms with Crippen molar-refractivity contribution in [1.29, 1.82) is 0 Å². The Bertz CT molecular complexity index is 450. The Morgan fingerprint density at radius 2 is 2.35 bits per heavy atom. The number of pyridine rings is 1. The maximum atomic E-state index is 12.9. The molecule has 2 N–H and O–H groups in total. The van der Waals surface area contributed by atoms with Crippen LogP contribution in [0.1, 0.15) is 44.3 Å². The van der Waals surface area contributed by atoms with Gasteiger partial charge in [-0.05, 0) is 43.9 Å². The topological polar surface area (TPSA) is 62.2 Å². The zero-order chi connectivity index (χ0) is 14.5. The average molecular weight is 280 g/mol. The summed E-state index contributed by atoms with van der Waals surface area (Å²) in [4.78, 5) is 15.2. The van der Waals surface area contributed by atoms with Crippen LogP contribution in [0.4, 0.5) is 4.39 Å². The number of halogens is 1. The van der Waals surface area contributed by atoms with Crippen LogP contribution in [-0.2, 0) is 4.79 Å². The highest BCUT2D eigenvalue weighted by Gasteiger charge is 2.32. The SMILES string of the molecule is CCC(NCC1CCCC1C(=O)O)c1ccc(F)cn1. The van der Waals surface area contributed by atoms with E-state index in [0.717, 1.165) is 31.4 Å². The fourth-order valence-electron chi connectivity index (χ4n) is 2.95. The molecule has 2 rings (SSSR count). The van der Waals surface area contributed by atoms with E-state index in [9.17, 15) is 14.3 Å². The van der Waals surface area contributed by atoms with Crippen molar-refractivity contribution in [3.63, 3.8) is 0 Å². The third-order valence-corrected chi connectivity index (χ3v) is 4.12. The largest absolute Gasteiger partial charge is 0.481 e. The Labute approximate surface area is 118 Å². The summed E-state index contributed by atoms with van der Waals surface area (Å²) in [7, 11) is 0. The standard InChI is InChI=1S/C15H21FN2O2/c1-2-13(14-7-6-11(16)9-18-14)17-8-10-4-3-5-12(10)15(19)20/h6-7,9-10,12-13,17H,2-5,8H2,1H3,(H,19,20). The molecule has 20 heavy (non-hydrogen) atoms. The van der Waals surface area contributed by atoms with Gasteiger partial charge in [-0.1, -0.05) is 13.3 Å². The number of carbonyl (C=O) groups is 1. The maximum absolute atomic E-state index is 12.9. The van der Waals surface area contributed by atoms with Gasteiger partial charge in [0.2, 0.25) is 0 Å². The molecule has 3 atom stereocenters. The van der Waals surface area contributed by atoms with Gasteiger partial charge in [-0.3, -0.25) is 9.78 Å². The van der Waals surface area contributed by atoms with E-state index in [-0.39, 0.29) is 23.7 Å². The molecule has 1 heterocycles. The molecule has 0 amide bonds. The molecule has 110 valence electrons. The molecule has 4 nitrogen and oxygen atoms in total. The van der Waals surface area contributed by atoms with Crippen LogP contribution >= 0.6 is 0 Å². The third-order valence-electron chi connectivity index (χ3n) is 4.12. The Morgan fingerprint density at radius 3 is 2.95 bits per heavy atom. The highest BCUT2D eigenvalue weighted by atomic mass is 19.1. The van der Waals surface area contributed by atoms with Gasteiger partial charge >= 0.3 is 5.97 Å². The van der Waals surface area contributed by atoms with Crippen molar-refractivity contribution in [3.05, 3.63) is 29.8 Å². The average Bonchev–Trinajstić information content (AvgIpc) is 2.90. The highest BCUT2D eigenvalue weighted by Crippen LogP contribution is 2.32. The van der Waals surface area contributed by atoms with Crippen molar-refractivity contribution in [3.8, 4) is 0 Å². The quantitative estimate of drug-likeness (QED) is 0.841. The van der Waals surface area contributed by atoms with Gasteiger partial charge in [-0.15, -0.1) is 0 Å². The summed E-state index contributed by atoms with van der Waals surface area (Å²) in [6.07, 6.45) is 4.76. The fourth-order valence-corrected chi connectivity index (χ4v) is 2.95. The number of hydrogen-bond donors (Lipinski definition) is 2. The summed E-state index contributed by atoms with van der Waals surface area (Å²) >= 11 is 0. The summed E-state index contributed by atoms with van der Waals surface area (Å²) in [5, 5.41) is 12.6. The van der Waals surface area contributed by atoms with E-state index in [0.29, 0.717) is 6.54 Å². The lowest BCUT2D eigenvalue weighted by Gasteiger charge is -2.21. The molecule has 0 aromatic carbocycles. The van der Waals surface area contributed by atoms with Gasteiger partial charge in [0, 0.05) is 6.04 Å². The Kier molecular flexibility index (Phi) is 5.06. The van der Waals surface area contributed by atoms with Gasteiger partial charge in [-0.2, -0.15) is 0 Å². The molecule has 1 aromatic rings. The lowest BCUT2D eigenvalue weighted by Crippen LogP contribution is -2.31. The van der Waals surface area contributed by atoms with Crippen LogP contribution in [0.2, 0.25) is 0 Å². The van der Waals surface area contributed by atoms with Crippen molar-refractivity contribution >= 4 is 5.97 Å². The molecule has 1 aliphatic rings. The molecule has 0 saturated heterocycles. The van der Waals surface area contributed by atoms with Gasteiger partial charge in [0.15, 0.2) is 0 Å². The zero-order valence-corrected chi connectivity index (χ0v) is 11.7. The molecule has 0 bridgehead atoms. The number of carboxylic acid groups (broad SMARTS) is 1. The minimum absolute atomic E-state index is 0.0469. The number of aromatic nitrogens is 1. The summed E-state index contributed by atoms with van der Waals surface area (Å²) in [6, 6.07) is 3.13. The molecule has 5 heteroatoms. The molecule has 1 aliphatic carbocycles. The van der Waals surface area contributed by atoms with E-state index in [2.05, 4.69) is 10.3 Å². The Hall–Kier alpha value is -1.49. The summed E-state index contributed by atoms with van der Waals surface area (Å²) < 4.78 is 12.9. The second kappa shape index (κ2) is 6.79. The van der Waals surface area contributed by atoms with Crippen molar-refractivity contribution in [2.75, 3.05) is 6.54 Å². The second-order valence-corrected chi connectivity index (χ2v) is 5.41. The van der Waals surface area contributed by atoms with Gasteiger partial charge in [0.25, 0.3) is 0 Å². The minimum atomic E-state index is -0.692. The predicted octanol–water partition coefficient (Wildman–Crippen LogP) is 2.76. The Morgan fingerprint density at radius 1 is 1.55 bits per heavy atom. The highest BCUT2D eigenvalue weighted by molar-refractivity contribution is 5.70. The fraction of sp³-hybridized carbons (Fsp3) is 0.600. The minimum Gasteiger partial charge on any atom is -0.481 e. The van der Waals surface area contributed by atoms with Crippen molar-refractivity contribution in [2.45, 2.75) is 38.6 Å². The summed E-state index contributed by atoms with van der Waals surface area (Å²) in [5.41, 5.74) is 0.804. The number of hydrogen-bond acceptors (Lipinski definition) is 3. The Balaban J connectivity index is 1.94. The van der Waals surface area contributed by atoms with E-state index in [1.54, 1.807) is 6.07 Å². The van der Waals surface area contributed by atoms with Crippen molar-refractivity contribution < 1.29 is 14.3 Å². The number of nitrogens with one attached hydrogen (secondary N) is 1. The van der Waals surface area contributed by atoms with Crippen LogP contribution in [0.5, 0.6) is 0 Å². The van der Waals surface area contributed by atoms with Crippen LogP contribution in [-0.4, -0.2) is 22.6 Å². The van der Waals surface area contributed by atoms with Crippen LogP contribution in [0.3, 0.4) is 0 Å². The smallest absolute Gasteiger partial charge is 0.306 e. The second-order valence-electron chi connectivity index (χ2n) is 5.41. The summed E-state index contributed by atoms with van der Waals surface area (Å²) in [5.74, 6) is -1.09. The zero-order valence-electron chi connectivity index (χ0n) is 11.7. The monoisotopic (exact) mass is 280 g/mol. The first kappa shape index (κ1) is 14.9.